The molecule has 59 heavy (non-hydrogen) atoms. The van der Waals surface area contributed by atoms with Crippen LogP contribution < -0.4 is 0 Å². The third-order valence-electron chi connectivity index (χ3n) is 10.5. The van der Waals surface area contributed by atoms with E-state index in [9.17, 15) is 44.6 Å². The van der Waals surface area contributed by atoms with Gasteiger partial charge < -0.3 is 39.9 Å². The van der Waals surface area contributed by atoms with Gasteiger partial charge in [0.05, 0.1) is 6.61 Å². The smallest absolute Gasteiger partial charge is 0.462 e. The molecule has 0 heterocycles. The zero-order valence-electron chi connectivity index (χ0n) is 36.3. The molecular formula is C45H81O13P. The number of aliphatic hydroxyl groups is 5. The van der Waals surface area contributed by atoms with E-state index < -0.39 is 75.7 Å². The summed E-state index contributed by atoms with van der Waals surface area (Å²) in [6.45, 7) is 3.24. The van der Waals surface area contributed by atoms with Crippen LogP contribution in [0.4, 0.5) is 0 Å². The number of aliphatic hydroxyl groups excluding tert-OH is 5. The number of hydrogen-bond donors (Lipinski definition) is 6. The summed E-state index contributed by atoms with van der Waals surface area (Å²) in [5.41, 5.74) is 0. The van der Waals surface area contributed by atoms with E-state index in [1.165, 1.54) is 57.8 Å². The lowest BCUT2D eigenvalue weighted by Gasteiger charge is -2.41. The normalized spacial score (nSPS) is 22.6. The molecule has 344 valence electrons. The van der Waals surface area contributed by atoms with Crippen molar-refractivity contribution in [1.29, 1.82) is 0 Å². The second kappa shape index (κ2) is 35.6. The largest absolute Gasteiger partial charge is 0.472 e. The molecule has 1 fully saturated rings. The van der Waals surface area contributed by atoms with Gasteiger partial charge in [-0.05, 0) is 70.6 Å². The number of allylic oxidation sites excluding steroid dienone is 6. The van der Waals surface area contributed by atoms with Gasteiger partial charge in [0.15, 0.2) is 6.10 Å². The summed E-state index contributed by atoms with van der Waals surface area (Å²) in [4.78, 5) is 35.7. The molecule has 1 rings (SSSR count). The van der Waals surface area contributed by atoms with Crippen LogP contribution in [0.1, 0.15) is 181 Å². The first kappa shape index (κ1) is 55.1. The Morgan fingerprint density at radius 3 is 1.42 bits per heavy atom. The van der Waals surface area contributed by atoms with Gasteiger partial charge in [-0.25, -0.2) is 4.57 Å². The molecule has 0 saturated heterocycles. The number of phosphoric acid groups is 1. The Labute approximate surface area is 355 Å². The zero-order valence-corrected chi connectivity index (χ0v) is 37.2. The Balaban J connectivity index is 2.49. The van der Waals surface area contributed by atoms with E-state index in [2.05, 4.69) is 50.3 Å². The van der Waals surface area contributed by atoms with Crippen LogP contribution in [0.2, 0.25) is 0 Å². The Kier molecular flexibility index (Phi) is 33.3. The predicted octanol–water partition coefficient (Wildman–Crippen LogP) is 8.61. The van der Waals surface area contributed by atoms with Crippen LogP contribution in [0.5, 0.6) is 0 Å². The number of phosphoric ester groups is 1. The van der Waals surface area contributed by atoms with Gasteiger partial charge in [0.2, 0.25) is 0 Å². The van der Waals surface area contributed by atoms with E-state index in [1.807, 2.05) is 0 Å². The quantitative estimate of drug-likeness (QED) is 0.0150. The van der Waals surface area contributed by atoms with E-state index >= 15 is 0 Å². The van der Waals surface area contributed by atoms with Crippen molar-refractivity contribution >= 4 is 19.8 Å². The lowest BCUT2D eigenvalue weighted by atomic mass is 9.85. The Morgan fingerprint density at radius 2 is 0.915 bits per heavy atom. The van der Waals surface area contributed by atoms with Gasteiger partial charge in [0.1, 0.15) is 43.2 Å². The first-order valence-electron chi connectivity index (χ1n) is 22.8. The summed E-state index contributed by atoms with van der Waals surface area (Å²) in [5, 5.41) is 50.1. The maximum absolute atomic E-state index is 12.8. The fourth-order valence-corrected chi connectivity index (χ4v) is 7.70. The van der Waals surface area contributed by atoms with Gasteiger partial charge in [-0.2, -0.15) is 0 Å². The summed E-state index contributed by atoms with van der Waals surface area (Å²) in [5.74, 6) is -1.12. The first-order chi connectivity index (χ1) is 28.4. The topological polar surface area (TPSA) is 210 Å². The molecule has 0 amide bonds. The van der Waals surface area contributed by atoms with E-state index in [0.717, 1.165) is 83.5 Å². The summed E-state index contributed by atoms with van der Waals surface area (Å²) < 4.78 is 33.5. The maximum Gasteiger partial charge on any atom is 0.472 e. The molecule has 8 atom stereocenters. The van der Waals surface area contributed by atoms with Crippen LogP contribution in [0.25, 0.3) is 0 Å². The van der Waals surface area contributed by atoms with Gasteiger partial charge >= 0.3 is 19.8 Å². The lowest BCUT2D eigenvalue weighted by Crippen LogP contribution is -2.64. The molecule has 0 aromatic heterocycles. The van der Waals surface area contributed by atoms with Crippen LogP contribution in [0.15, 0.2) is 36.5 Å². The first-order valence-corrected chi connectivity index (χ1v) is 24.3. The molecule has 3 unspecified atom stereocenters. The standard InChI is InChI=1S/C45H81O13P/c1-3-5-7-9-11-13-15-17-19-21-23-25-27-29-31-33-38(46)55-35-37(36-56-59(53,54)58-45-43(51)41(49)40(48)42(50)44(45)52)57-39(47)34-32-30-28-26-24-22-20-18-16-14-12-10-8-6-4-2/h12,14,17-20,37,40-45,48-52H,3-11,13,15-16,21-36H2,1-2H3,(H,53,54)/b14-12-,19-17-,20-18-/t37-,40?,41-,42+,43-,44-,45?/m1/s1. The third kappa shape index (κ3) is 28.3. The van der Waals surface area contributed by atoms with Crippen molar-refractivity contribution in [3.05, 3.63) is 36.5 Å². The second-order valence-corrected chi connectivity index (χ2v) is 17.3. The van der Waals surface area contributed by atoms with Crippen molar-refractivity contribution in [1.82, 2.24) is 0 Å². The highest BCUT2D eigenvalue weighted by Crippen LogP contribution is 2.47. The summed E-state index contributed by atoms with van der Waals surface area (Å²) in [7, 11) is -5.12. The fourth-order valence-electron chi connectivity index (χ4n) is 6.72. The summed E-state index contributed by atoms with van der Waals surface area (Å²) >= 11 is 0. The lowest BCUT2D eigenvalue weighted by molar-refractivity contribution is -0.220. The van der Waals surface area contributed by atoms with Crippen LogP contribution in [-0.2, 0) is 32.7 Å². The predicted molar refractivity (Wildman–Crippen MR) is 230 cm³/mol. The zero-order chi connectivity index (χ0) is 43.6. The van der Waals surface area contributed by atoms with Gasteiger partial charge in [-0.3, -0.25) is 18.6 Å². The van der Waals surface area contributed by atoms with Crippen LogP contribution in [0, 0.1) is 0 Å². The van der Waals surface area contributed by atoms with Gasteiger partial charge in [0, 0.05) is 12.8 Å². The van der Waals surface area contributed by atoms with Crippen molar-refractivity contribution < 1.29 is 63.1 Å². The van der Waals surface area contributed by atoms with E-state index in [-0.39, 0.29) is 12.8 Å². The van der Waals surface area contributed by atoms with Gasteiger partial charge in [-0.15, -0.1) is 0 Å². The number of esters is 2. The summed E-state index contributed by atoms with van der Waals surface area (Å²) in [6.07, 6.45) is 26.2. The molecule has 13 nitrogen and oxygen atoms in total. The Hall–Kier alpha value is -1.93. The monoisotopic (exact) mass is 861 g/mol. The molecule has 14 heteroatoms. The molecule has 0 aliphatic heterocycles. The van der Waals surface area contributed by atoms with Crippen molar-refractivity contribution in [2.24, 2.45) is 0 Å². The fraction of sp³-hybridized carbons (Fsp3) is 0.822. The molecule has 0 spiro atoms. The molecule has 1 saturated carbocycles. The second-order valence-electron chi connectivity index (χ2n) is 15.9. The molecule has 0 aromatic rings. The Morgan fingerprint density at radius 1 is 0.525 bits per heavy atom. The number of hydrogen-bond acceptors (Lipinski definition) is 12. The number of carbonyl (C=O) groups excluding carboxylic acids is 2. The molecule has 0 aromatic carbocycles. The van der Waals surface area contributed by atoms with Crippen LogP contribution in [0.3, 0.4) is 0 Å². The highest BCUT2D eigenvalue weighted by atomic mass is 31.2. The average Bonchev–Trinajstić information content (AvgIpc) is 3.21. The van der Waals surface area contributed by atoms with Gasteiger partial charge in [0.25, 0.3) is 0 Å². The molecule has 1 aliphatic rings. The SMILES string of the molecule is CCCCC/C=C\C/C=C\CCCCCCCC(=O)O[C@H](COC(=O)CCCCCCC/C=C\CCCCCCCC)COP(=O)(O)OC1[C@H](O)[C@H](O)C(O)[C@H](O)[C@H]1O. The number of carbonyl (C=O) groups is 2. The third-order valence-corrected chi connectivity index (χ3v) is 11.4. The molecule has 6 N–H and O–H groups in total. The maximum atomic E-state index is 12.8. The number of unbranched alkanes of at least 4 members (excludes halogenated alkanes) is 19. The van der Waals surface area contributed by atoms with Crippen molar-refractivity contribution in [3.8, 4) is 0 Å². The summed E-state index contributed by atoms with van der Waals surface area (Å²) in [6, 6.07) is 0. The molecule has 1 aliphatic carbocycles. The number of rotatable bonds is 37. The minimum absolute atomic E-state index is 0.0791. The van der Waals surface area contributed by atoms with E-state index in [4.69, 9.17) is 18.5 Å². The number of ether oxygens (including phenoxy) is 2. The Bertz CT molecular complexity index is 1180. The molecule has 0 radical (unpaired) electrons. The van der Waals surface area contributed by atoms with E-state index in [1.54, 1.807) is 0 Å². The highest BCUT2D eigenvalue weighted by Gasteiger charge is 2.51. The van der Waals surface area contributed by atoms with Crippen LogP contribution in [-0.4, -0.2) is 98.3 Å². The average molecular weight is 861 g/mol. The van der Waals surface area contributed by atoms with Crippen molar-refractivity contribution in [3.63, 3.8) is 0 Å². The van der Waals surface area contributed by atoms with E-state index in [0.29, 0.717) is 12.8 Å². The van der Waals surface area contributed by atoms with Crippen LogP contribution >= 0.6 is 7.82 Å². The van der Waals surface area contributed by atoms with Crippen molar-refractivity contribution in [2.45, 2.75) is 224 Å². The highest BCUT2D eigenvalue weighted by molar-refractivity contribution is 7.47. The molecule has 0 bridgehead atoms. The van der Waals surface area contributed by atoms with Crippen molar-refractivity contribution in [2.75, 3.05) is 13.2 Å². The minimum atomic E-state index is -5.12. The minimum Gasteiger partial charge on any atom is -0.462 e. The molecular weight excluding hydrogens is 779 g/mol. The van der Waals surface area contributed by atoms with Gasteiger partial charge in [-0.1, -0.05) is 134 Å².